The second kappa shape index (κ2) is 8.45. The van der Waals surface area contributed by atoms with E-state index in [1.807, 2.05) is 0 Å². The molecule has 3 rings (SSSR count). The Morgan fingerprint density at radius 3 is 2.60 bits per heavy atom. The van der Waals surface area contributed by atoms with E-state index in [9.17, 15) is 9.18 Å². The predicted octanol–water partition coefficient (Wildman–Crippen LogP) is 3.22. The number of amides is 1. The van der Waals surface area contributed by atoms with Gasteiger partial charge in [-0.1, -0.05) is 19.3 Å². The zero-order chi connectivity index (χ0) is 17.0. The second-order valence-corrected chi connectivity index (χ2v) is 6.37. The van der Waals surface area contributed by atoms with Gasteiger partial charge >= 0.3 is 0 Å². The monoisotopic (exact) mass is 367 g/mol. The summed E-state index contributed by atoms with van der Waals surface area (Å²) >= 11 is 0. The summed E-state index contributed by atoms with van der Waals surface area (Å²) < 4.78 is 18.3. The highest BCUT2D eigenvalue weighted by Gasteiger charge is 2.34. The Kier molecular flexibility index (Phi) is 6.56. The van der Waals surface area contributed by atoms with Crippen LogP contribution in [0.2, 0.25) is 0 Å². The van der Waals surface area contributed by atoms with Gasteiger partial charge in [0.15, 0.2) is 0 Å². The number of hydrogen-bond donors (Lipinski definition) is 2. The molecule has 1 aromatic heterocycles. The fraction of sp³-hybridized carbons (Fsp3) is 0.444. The predicted molar refractivity (Wildman–Crippen MR) is 95.9 cm³/mol. The fourth-order valence-electron chi connectivity index (χ4n) is 3.04. The van der Waals surface area contributed by atoms with Crippen molar-refractivity contribution in [2.24, 2.45) is 5.73 Å². The number of rotatable bonds is 5. The molecule has 0 atom stereocenters. The van der Waals surface area contributed by atoms with Crippen LogP contribution >= 0.6 is 12.4 Å². The number of carbonyl (C=O) groups excluding carboxylic acids is 1. The molecule has 3 N–H and O–H groups in total. The van der Waals surface area contributed by atoms with E-state index < -0.39 is 5.54 Å². The minimum Gasteiger partial charge on any atom is -0.444 e. The Hall–Kier alpha value is -1.92. The summed E-state index contributed by atoms with van der Waals surface area (Å²) in [6.45, 7) is 0.465. The molecular weight excluding hydrogens is 345 g/mol. The summed E-state index contributed by atoms with van der Waals surface area (Å²) in [6, 6.07) is 5.97. The smallest absolute Gasteiger partial charge is 0.240 e. The summed E-state index contributed by atoms with van der Waals surface area (Å²) in [5, 5.41) is 2.90. The lowest BCUT2D eigenvalue weighted by molar-refractivity contribution is -0.127. The zero-order valence-electron chi connectivity index (χ0n) is 14.0. The zero-order valence-corrected chi connectivity index (χ0v) is 14.8. The van der Waals surface area contributed by atoms with Crippen molar-refractivity contribution >= 4 is 18.3 Å². The van der Waals surface area contributed by atoms with E-state index in [0.717, 1.165) is 43.4 Å². The molecule has 0 spiro atoms. The number of hydrogen-bond acceptors (Lipinski definition) is 4. The lowest BCUT2D eigenvalue weighted by atomic mass is 9.82. The largest absolute Gasteiger partial charge is 0.444 e. The number of aromatic nitrogens is 1. The number of carbonyl (C=O) groups is 1. The van der Waals surface area contributed by atoms with Gasteiger partial charge in [0.2, 0.25) is 11.8 Å². The maximum absolute atomic E-state index is 12.9. The summed E-state index contributed by atoms with van der Waals surface area (Å²) in [6.07, 6.45) is 6.78. The Morgan fingerprint density at radius 2 is 1.92 bits per heavy atom. The molecule has 1 fully saturated rings. The number of nitrogens with two attached hydrogens (primary N) is 1. The highest BCUT2D eigenvalue weighted by atomic mass is 35.5. The lowest BCUT2D eigenvalue weighted by Gasteiger charge is -2.31. The summed E-state index contributed by atoms with van der Waals surface area (Å²) in [5.74, 6) is 0.0648. The van der Waals surface area contributed by atoms with Crippen molar-refractivity contribution in [2.45, 2.75) is 44.1 Å². The molecule has 0 saturated heterocycles. The summed E-state index contributed by atoms with van der Waals surface area (Å²) in [4.78, 5) is 16.6. The van der Waals surface area contributed by atoms with Crippen LogP contribution in [0.4, 0.5) is 4.39 Å². The van der Waals surface area contributed by atoms with Crippen LogP contribution in [0.5, 0.6) is 0 Å². The van der Waals surface area contributed by atoms with Crippen molar-refractivity contribution in [3.63, 3.8) is 0 Å². The number of nitrogens with zero attached hydrogens (tertiary/aromatic N) is 1. The Labute approximate surface area is 152 Å². The number of nitrogens with one attached hydrogen (secondary N) is 1. The van der Waals surface area contributed by atoms with Gasteiger partial charge in [-0.3, -0.25) is 4.79 Å². The molecule has 1 amide bonds. The van der Waals surface area contributed by atoms with Crippen molar-refractivity contribution in [1.29, 1.82) is 0 Å². The molecule has 2 aromatic rings. The highest BCUT2D eigenvalue weighted by molar-refractivity contribution is 5.86. The van der Waals surface area contributed by atoms with E-state index in [1.54, 1.807) is 18.4 Å². The van der Waals surface area contributed by atoms with E-state index in [1.165, 1.54) is 12.1 Å². The minimum atomic E-state index is -0.721. The first-order chi connectivity index (χ1) is 11.6. The molecule has 1 aromatic carbocycles. The quantitative estimate of drug-likeness (QED) is 0.850. The Bertz CT molecular complexity index is 697. The minimum absolute atomic E-state index is 0. The van der Waals surface area contributed by atoms with Gasteiger partial charge in [-0.2, -0.15) is 0 Å². The van der Waals surface area contributed by atoms with Crippen molar-refractivity contribution in [1.82, 2.24) is 10.3 Å². The van der Waals surface area contributed by atoms with Gasteiger partial charge in [0.1, 0.15) is 12.1 Å². The summed E-state index contributed by atoms with van der Waals surface area (Å²) in [5.41, 5.74) is 6.93. The van der Waals surface area contributed by atoms with Gasteiger partial charge in [-0.05, 0) is 37.1 Å². The van der Waals surface area contributed by atoms with Crippen molar-refractivity contribution in [3.8, 4) is 11.5 Å². The van der Waals surface area contributed by atoms with Crippen LogP contribution in [0.3, 0.4) is 0 Å². The molecule has 25 heavy (non-hydrogen) atoms. The van der Waals surface area contributed by atoms with Crippen molar-refractivity contribution in [3.05, 3.63) is 42.0 Å². The van der Waals surface area contributed by atoms with Gasteiger partial charge in [0, 0.05) is 18.5 Å². The van der Waals surface area contributed by atoms with Crippen molar-refractivity contribution < 1.29 is 13.6 Å². The topological polar surface area (TPSA) is 81.2 Å². The van der Waals surface area contributed by atoms with E-state index in [4.69, 9.17) is 10.2 Å². The number of benzene rings is 1. The van der Waals surface area contributed by atoms with Crippen molar-refractivity contribution in [2.75, 3.05) is 6.54 Å². The molecule has 0 bridgehead atoms. The molecule has 1 aliphatic carbocycles. The van der Waals surface area contributed by atoms with Crippen LogP contribution < -0.4 is 11.1 Å². The second-order valence-electron chi connectivity index (χ2n) is 6.37. The highest BCUT2D eigenvalue weighted by Crippen LogP contribution is 2.26. The SMILES string of the molecule is Cl.NC1(C(=O)NCCc2coc(-c3ccc(F)cc3)n2)CCCCC1. The summed E-state index contributed by atoms with van der Waals surface area (Å²) in [7, 11) is 0. The van der Waals surface area contributed by atoms with E-state index in [2.05, 4.69) is 10.3 Å². The third-order valence-corrected chi connectivity index (χ3v) is 4.51. The molecule has 0 unspecified atom stereocenters. The normalized spacial score (nSPS) is 16.1. The van der Waals surface area contributed by atoms with Crippen LogP contribution in [-0.2, 0) is 11.2 Å². The Balaban J connectivity index is 0.00000225. The molecule has 5 nitrogen and oxygen atoms in total. The van der Waals surface area contributed by atoms with Crippen LogP contribution in [0.1, 0.15) is 37.8 Å². The average Bonchev–Trinajstić information content (AvgIpc) is 3.05. The van der Waals surface area contributed by atoms with E-state index in [0.29, 0.717) is 18.9 Å². The van der Waals surface area contributed by atoms with E-state index >= 15 is 0 Å². The first kappa shape index (κ1) is 19.4. The first-order valence-electron chi connectivity index (χ1n) is 8.34. The van der Waals surface area contributed by atoms with Crippen LogP contribution in [0, 0.1) is 5.82 Å². The third-order valence-electron chi connectivity index (χ3n) is 4.51. The van der Waals surface area contributed by atoms with E-state index in [-0.39, 0.29) is 24.1 Å². The first-order valence-corrected chi connectivity index (χ1v) is 8.34. The van der Waals surface area contributed by atoms with Gasteiger partial charge in [-0.15, -0.1) is 12.4 Å². The molecule has 1 saturated carbocycles. The van der Waals surface area contributed by atoms with Gasteiger partial charge in [0.05, 0.1) is 11.2 Å². The maximum Gasteiger partial charge on any atom is 0.240 e. The van der Waals surface area contributed by atoms with Gasteiger partial charge in [-0.25, -0.2) is 9.37 Å². The Morgan fingerprint density at radius 1 is 1.24 bits per heavy atom. The number of oxazole rings is 1. The molecule has 1 heterocycles. The maximum atomic E-state index is 12.9. The van der Waals surface area contributed by atoms with Gasteiger partial charge < -0.3 is 15.5 Å². The van der Waals surface area contributed by atoms with Crippen LogP contribution in [0.15, 0.2) is 34.9 Å². The average molecular weight is 368 g/mol. The molecule has 0 radical (unpaired) electrons. The van der Waals surface area contributed by atoms with Crippen LogP contribution in [-0.4, -0.2) is 23.0 Å². The lowest BCUT2D eigenvalue weighted by Crippen LogP contribution is -2.55. The standard InChI is InChI=1S/C18H22FN3O2.ClH/c19-14-6-4-13(5-7-14)16-22-15(12-24-16)8-11-21-17(23)18(20)9-2-1-3-10-18;/h4-7,12H,1-3,8-11,20H2,(H,21,23);1H. The molecule has 0 aliphatic heterocycles. The number of halogens is 2. The van der Waals surface area contributed by atoms with Crippen LogP contribution in [0.25, 0.3) is 11.5 Å². The molecule has 136 valence electrons. The molecule has 7 heteroatoms. The fourth-order valence-corrected chi connectivity index (χ4v) is 3.04. The molecular formula is C18H23ClFN3O2. The van der Waals surface area contributed by atoms with Gasteiger partial charge in [0.25, 0.3) is 0 Å². The third kappa shape index (κ3) is 4.80. The molecule has 1 aliphatic rings.